The van der Waals surface area contributed by atoms with E-state index in [1.165, 1.54) is 0 Å². The van der Waals surface area contributed by atoms with Crippen molar-refractivity contribution in [2.75, 3.05) is 0 Å². The van der Waals surface area contributed by atoms with Crippen LogP contribution < -0.4 is 5.73 Å². The third-order valence-corrected chi connectivity index (χ3v) is 3.26. The van der Waals surface area contributed by atoms with E-state index in [0.29, 0.717) is 0 Å². The Morgan fingerprint density at radius 2 is 1.35 bits per heavy atom. The zero-order chi connectivity index (χ0) is 14.9. The van der Waals surface area contributed by atoms with Crippen LogP contribution in [0.5, 0.6) is 0 Å². The quantitative estimate of drug-likeness (QED) is 0.684. The Morgan fingerprint density at radius 3 is 1.85 bits per heavy atom. The summed E-state index contributed by atoms with van der Waals surface area (Å²) in [7, 11) is 0. The van der Waals surface area contributed by atoms with Gasteiger partial charge >= 0.3 is 0 Å². The van der Waals surface area contributed by atoms with E-state index in [2.05, 4.69) is 6.07 Å². The van der Waals surface area contributed by atoms with Gasteiger partial charge in [-0.25, -0.2) is 0 Å². The van der Waals surface area contributed by atoms with Gasteiger partial charge in [-0.05, 0) is 37.5 Å². The Morgan fingerprint density at radius 1 is 0.900 bits per heavy atom. The number of nitro benzene ring substituents is 1. The summed E-state index contributed by atoms with van der Waals surface area (Å²) in [5, 5.41) is 10.9. The normalized spacial score (nSPS) is 12.2. The predicted octanol–water partition coefficient (Wildman–Crippen LogP) is 3.57. The predicted molar refractivity (Wildman–Crippen MR) is 79.8 cm³/mol. The van der Waals surface area contributed by atoms with Crippen LogP contribution in [0.1, 0.15) is 33.9 Å². The molecular weight excluding hydrogens is 252 g/mol. The number of nitro groups is 1. The van der Waals surface area contributed by atoms with E-state index in [1.54, 1.807) is 12.1 Å². The van der Waals surface area contributed by atoms with Crippen LogP contribution in [0.3, 0.4) is 0 Å². The van der Waals surface area contributed by atoms with E-state index >= 15 is 0 Å². The molecule has 0 bridgehead atoms. The molecule has 20 heavy (non-hydrogen) atoms. The van der Waals surface area contributed by atoms with Crippen molar-refractivity contribution < 1.29 is 4.92 Å². The van der Waals surface area contributed by atoms with Gasteiger partial charge in [0, 0.05) is 12.1 Å². The first-order chi connectivity index (χ1) is 9.36. The molecule has 1 atom stereocenters. The Balaban J connectivity index is 2.47. The summed E-state index contributed by atoms with van der Waals surface area (Å²) in [6, 6.07) is 10.8. The zero-order valence-corrected chi connectivity index (χ0v) is 11.9. The van der Waals surface area contributed by atoms with Crippen molar-refractivity contribution in [3.8, 4) is 0 Å². The van der Waals surface area contributed by atoms with Crippen LogP contribution in [-0.4, -0.2) is 4.92 Å². The van der Waals surface area contributed by atoms with Crippen LogP contribution in [0.15, 0.2) is 36.4 Å². The summed E-state index contributed by atoms with van der Waals surface area (Å²) in [5.74, 6) is 0. The van der Waals surface area contributed by atoms with Gasteiger partial charge in [0.05, 0.1) is 11.0 Å². The molecule has 0 amide bonds. The van der Waals surface area contributed by atoms with E-state index in [0.717, 1.165) is 27.8 Å². The highest BCUT2D eigenvalue weighted by Crippen LogP contribution is 2.26. The smallest absolute Gasteiger partial charge is 0.270 e. The molecule has 0 saturated heterocycles. The maximum Gasteiger partial charge on any atom is 0.270 e. The topological polar surface area (TPSA) is 69.2 Å². The standard InChI is InChI=1S/C16H18N2O2/c1-10-4-11(2)6-13(5-10)16(17)14-7-12(3)8-15(9-14)18(19)20/h4-9,16H,17H2,1-3H3. The lowest BCUT2D eigenvalue weighted by molar-refractivity contribution is -0.385. The number of nitrogens with zero attached hydrogens (tertiary/aromatic N) is 1. The molecule has 2 aromatic carbocycles. The molecule has 104 valence electrons. The number of hydrogen-bond acceptors (Lipinski definition) is 3. The molecule has 0 heterocycles. The maximum atomic E-state index is 10.9. The van der Waals surface area contributed by atoms with Crippen LogP contribution in [-0.2, 0) is 0 Å². The second kappa shape index (κ2) is 5.43. The minimum atomic E-state index is -0.384. The summed E-state index contributed by atoms with van der Waals surface area (Å²) in [6.07, 6.45) is 0. The summed E-state index contributed by atoms with van der Waals surface area (Å²) >= 11 is 0. The monoisotopic (exact) mass is 270 g/mol. The molecule has 0 radical (unpaired) electrons. The van der Waals surface area contributed by atoms with Crippen molar-refractivity contribution in [3.05, 3.63) is 74.3 Å². The van der Waals surface area contributed by atoms with Crippen molar-refractivity contribution in [2.45, 2.75) is 26.8 Å². The molecule has 0 aromatic heterocycles. The number of benzene rings is 2. The van der Waals surface area contributed by atoms with Gasteiger partial charge in [-0.1, -0.05) is 35.4 Å². The van der Waals surface area contributed by atoms with Crippen molar-refractivity contribution in [1.29, 1.82) is 0 Å². The minimum Gasteiger partial charge on any atom is -0.320 e. The van der Waals surface area contributed by atoms with Gasteiger partial charge in [0.25, 0.3) is 5.69 Å². The number of non-ortho nitro benzene ring substituents is 1. The molecule has 2 rings (SSSR count). The van der Waals surface area contributed by atoms with Crippen LogP contribution in [0.25, 0.3) is 0 Å². The fourth-order valence-electron chi connectivity index (χ4n) is 2.46. The van der Waals surface area contributed by atoms with Crippen molar-refractivity contribution in [1.82, 2.24) is 0 Å². The largest absolute Gasteiger partial charge is 0.320 e. The van der Waals surface area contributed by atoms with Gasteiger partial charge in [-0.15, -0.1) is 0 Å². The highest BCUT2D eigenvalue weighted by Gasteiger charge is 2.15. The van der Waals surface area contributed by atoms with E-state index < -0.39 is 0 Å². The molecule has 0 aliphatic rings. The van der Waals surface area contributed by atoms with E-state index in [1.807, 2.05) is 39.0 Å². The van der Waals surface area contributed by atoms with Crippen molar-refractivity contribution >= 4 is 5.69 Å². The molecule has 2 N–H and O–H groups in total. The lowest BCUT2D eigenvalue weighted by Gasteiger charge is -2.15. The fourth-order valence-corrected chi connectivity index (χ4v) is 2.46. The average Bonchev–Trinajstić information content (AvgIpc) is 2.35. The number of aryl methyl sites for hydroxylation is 3. The van der Waals surface area contributed by atoms with E-state index in [9.17, 15) is 10.1 Å². The third-order valence-electron chi connectivity index (χ3n) is 3.26. The van der Waals surface area contributed by atoms with Crippen LogP contribution in [0.2, 0.25) is 0 Å². The Bertz CT molecular complexity index is 645. The lowest BCUT2D eigenvalue weighted by atomic mass is 9.95. The molecule has 0 aliphatic heterocycles. The van der Waals surface area contributed by atoms with E-state index in [-0.39, 0.29) is 16.7 Å². The summed E-state index contributed by atoms with van der Waals surface area (Å²) in [5.41, 5.74) is 11.2. The first-order valence-electron chi connectivity index (χ1n) is 6.46. The van der Waals surface area contributed by atoms with Gasteiger partial charge in [-0.2, -0.15) is 0 Å². The molecular formula is C16H18N2O2. The SMILES string of the molecule is Cc1cc(C)cc(C(N)c2cc(C)cc([N+](=O)[O-])c2)c1. The summed E-state index contributed by atoms with van der Waals surface area (Å²) < 4.78 is 0. The fraction of sp³-hybridized carbons (Fsp3) is 0.250. The Labute approximate surface area is 118 Å². The Hall–Kier alpha value is -2.20. The van der Waals surface area contributed by atoms with Gasteiger partial charge in [-0.3, -0.25) is 10.1 Å². The molecule has 0 saturated carbocycles. The highest BCUT2D eigenvalue weighted by atomic mass is 16.6. The van der Waals surface area contributed by atoms with Crippen LogP contribution >= 0.6 is 0 Å². The molecule has 2 aromatic rings. The second-order valence-corrected chi connectivity index (χ2v) is 5.26. The van der Waals surface area contributed by atoms with Crippen molar-refractivity contribution in [2.24, 2.45) is 5.73 Å². The van der Waals surface area contributed by atoms with E-state index in [4.69, 9.17) is 5.73 Å². The summed E-state index contributed by atoms with van der Waals surface area (Å²) in [6.45, 7) is 5.87. The second-order valence-electron chi connectivity index (χ2n) is 5.26. The first kappa shape index (κ1) is 14.2. The van der Waals surface area contributed by atoms with Crippen molar-refractivity contribution in [3.63, 3.8) is 0 Å². The molecule has 4 heteroatoms. The number of hydrogen-bond donors (Lipinski definition) is 1. The van der Waals surface area contributed by atoms with Gasteiger partial charge in [0.15, 0.2) is 0 Å². The van der Waals surface area contributed by atoms with Gasteiger partial charge in [0.2, 0.25) is 0 Å². The van der Waals surface area contributed by atoms with Gasteiger partial charge < -0.3 is 5.73 Å². The molecule has 0 fully saturated rings. The Kier molecular flexibility index (Phi) is 3.86. The molecule has 0 aliphatic carbocycles. The highest BCUT2D eigenvalue weighted by molar-refractivity contribution is 5.44. The molecule has 1 unspecified atom stereocenters. The summed E-state index contributed by atoms with van der Waals surface area (Å²) in [4.78, 5) is 10.6. The third kappa shape index (κ3) is 3.03. The average molecular weight is 270 g/mol. The molecule has 0 spiro atoms. The lowest BCUT2D eigenvalue weighted by Crippen LogP contribution is -2.13. The van der Waals surface area contributed by atoms with Crippen LogP contribution in [0.4, 0.5) is 5.69 Å². The molecule has 4 nitrogen and oxygen atoms in total. The number of nitrogens with two attached hydrogens (primary N) is 1. The minimum absolute atomic E-state index is 0.0832. The zero-order valence-electron chi connectivity index (χ0n) is 11.9. The van der Waals surface area contributed by atoms with Crippen LogP contribution in [0, 0.1) is 30.9 Å². The maximum absolute atomic E-state index is 10.9. The number of rotatable bonds is 3. The van der Waals surface area contributed by atoms with Gasteiger partial charge in [0.1, 0.15) is 0 Å². The first-order valence-corrected chi connectivity index (χ1v) is 6.46.